The molecule has 1 N–H and O–H groups in total. The lowest BCUT2D eigenvalue weighted by Crippen LogP contribution is -2.09. The molecule has 1 unspecified atom stereocenters. The zero-order valence-corrected chi connectivity index (χ0v) is 20.9. The molecule has 0 fully saturated rings. The van der Waals surface area contributed by atoms with Crippen LogP contribution in [0.5, 0.6) is 11.5 Å². The number of hydrogen-bond acceptors (Lipinski definition) is 5. The number of imidazole rings is 1. The number of benzene rings is 2. The number of alkyl halides is 2. The van der Waals surface area contributed by atoms with Gasteiger partial charge in [0.25, 0.3) is 0 Å². The summed E-state index contributed by atoms with van der Waals surface area (Å²) in [6.07, 6.45) is 0.474. The van der Waals surface area contributed by atoms with Crippen molar-refractivity contribution in [2.45, 2.75) is 46.0 Å². The molecule has 0 amide bonds. The van der Waals surface area contributed by atoms with Gasteiger partial charge in [-0.3, -0.25) is 4.40 Å². The second kappa shape index (κ2) is 9.88. The number of aliphatic hydroxyl groups is 1. The lowest BCUT2D eigenvalue weighted by atomic mass is 9.89. The van der Waals surface area contributed by atoms with E-state index in [0.29, 0.717) is 45.0 Å². The second-order valence-corrected chi connectivity index (χ2v) is 9.34. The van der Waals surface area contributed by atoms with Crippen molar-refractivity contribution < 1.29 is 27.8 Å². The number of hydrogen-bond donors (Lipinski definition) is 1. The molecule has 0 bridgehead atoms. The van der Waals surface area contributed by atoms with Gasteiger partial charge < -0.3 is 14.6 Å². The van der Waals surface area contributed by atoms with Crippen molar-refractivity contribution in [2.75, 3.05) is 0 Å². The highest BCUT2D eigenvalue weighted by molar-refractivity contribution is 5.88. The minimum Gasteiger partial charge on any atom is -0.488 e. The van der Waals surface area contributed by atoms with Gasteiger partial charge in [-0.25, -0.2) is 9.37 Å². The monoisotopic (exact) mass is 519 g/mol. The van der Waals surface area contributed by atoms with Crippen molar-refractivity contribution in [1.82, 2.24) is 9.38 Å². The number of nitrogens with zero attached hydrogens (tertiary/aromatic N) is 3. The minimum absolute atomic E-state index is 0.0884. The van der Waals surface area contributed by atoms with Gasteiger partial charge in [-0.15, -0.1) is 0 Å². The molecule has 2 aromatic heterocycles. The maximum absolute atomic E-state index is 14.0. The summed E-state index contributed by atoms with van der Waals surface area (Å²) >= 11 is 0. The number of aromatic nitrogens is 2. The zero-order chi connectivity index (χ0) is 27.1. The summed E-state index contributed by atoms with van der Waals surface area (Å²) in [6, 6.07) is 14.6. The number of fused-ring (bicyclic) bond motifs is 3. The third-order valence-corrected chi connectivity index (χ3v) is 6.55. The molecule has 38 heavy (non-hydrogen) atoms. The molecule has 0 radical (unpaired) electrons. The van der Waals surface area contributed by atoms with Gasteiger partial charge in [-0.1, -0.05) is 26.0 Å². The number of nitriles is 1. The molecule has 0 saturated heterocycles. The highest BCUT2D eigenvalue weighted by Crippen LogP contribution is 2.41. The lowest BCUT2D eigenvalue weighted by molar-refractivity contribution is -0.0491. The smallest absolute Gasteiger partial charge is 0.387 e. The number of ether oxygens (including phenoxy) is 2. The van der Waals surface area contributed by atoms with E-state index in [2.05, 4.69) is 15.8 Å². The Bertz CT molecular complexity index is 1620. The molecule has 0 saturated carbocycles. The van der Waals surface area contributed by atoms with E-state index in [1.54, 1.807) is 47.9 Å². The summed E-state index contributed by atoms with van der Waals surface area (Å²) < 4.78 is 52.1. The number of pyridine rings is 1. The van der Waals surface area contributed by atoms with E-state index < -0.39 is 18.5 Å². The molecule has 1 aliphatic rings. The normalized spacial score (nSPS) is 14.9. The van der Waals surface area contributed by atoms with Crippen LogP contribution in [0.2, 0.25) is 0 Å². The molecule has 5 rings (SSSR count). The molecule has 1 atom stereocenters. The molecular weight excluding hydrogens is 495 g/mol. The van der Waals surface area contributed by atoms with E-state index in [1.807, 2.05) is 13.8 Å². The van der Waals surface area contributed by atoms with Crippen molar-refractivity contribution in [2.24, 2.45) is 0 Å². The Morgan fingerprint density at radius 2 is 1.92 bits per heavy atom. The first-order chi connectivity index (χ1) is 18.2. The molecule has 4 aromatic rings. The van der Waals surface area contributed by atoms with Crippen molar-refractivity contribution >= 4 is 11.2 Å². The van der Waals surface area contributed by atoms with E-state index >= 15 is 0 Å². The van der Waals surface area contributed by atoms with Crippen molar-refractivity contribution in [1.29, 1.82) is 5.26 Å². The highest BCUT2D eigenvalue weighted by Gasteiger charge is 2.27. The molecule has 0 spiro atoms. The Labute approximate surface area is 217 Å². The van der Waals surface area contributed by atoms with E-state index in [-0.39, 0.29) is 23.9 Å². The SMILES string of the molecule is C/C(C#N)=C1/c2ccc(C(O)c3c(C(C)C)nc4c(OC(F)F)cccn34)cc2COc2cc(F)ccc21. The van der Waals surface area contributed by atoms with Crippen LogP contribution in [-0.2, 0) is 6.61 Å². The van der Waals surface area contributed by atoms with Crippen molar-refractivity contribution in [3.8, 4) is 17.6 Å². The fourth-order valence-electron chi connectivity index (χ4n) is 4.85. The van der Waals surface area contributed by atoms with E-state index in [0.717, 1.165) is 5.56 Å². The lowest BCUT2D eigenvalue weighted by Gasteiger charge is -2.18. The van der Waals surface area contributed by atoms with Gasteiger partial charge >= 0.3 is 6.61 Å². The number of allylic oxidation sites excluding steroid dienone is 1. The Balaban J connectivity index is 1.64. The third-order valence-electron chi connectivity index (χ3n) is 6.55. The van der Waals surface area contributed by atoms with Crippen LogP contribution in [0.15, 0.2) is 60.3 Å². The van der Waals surface area contributed by atoms with Crippen LogP contribution >= 0.6 is 0 Å². The highest BCUT2D eigenvalue weighted by atomic mass is 19.3. The number of aliphatic hydroxyl groups excluding tert-OH is 1. The summed E-state index contributed by atoms with van der Waals surface area (Å²) in [7, 11) is 0. The van der Waals surface area contributed by atoms with Crippen LogP contribution in [-0.4, -0.2) is 21.1 Å². The molecular formula is C29H24F3N3O3. The van der Waals surface area contributed by atoms with Gasteiger partial charge in [0.2, 0.25) is 0 Å². The van der Waals surface area contributed by atoms with Gasteiger partial charge in [0.1, 0.15) is 24.3 Å². The van der Waals surface area contributed by atoms with E-state index in [9.17, 15) is 23.5 Å². The van der Waals surface area contributed by atoms with Crippen LogP contribution in [0.3, 0.4) is 0 Å². The van der Waals surface area contributed by atoms with Gasteiger partial charge in [0.05, 0.1) is 17.5 Å². The van der Waals surface area contributed by atoms with Gasteiger partial charge in [0.15, 0.2) is 11.4 Å². The van der Waals surface area contributed by atoms with Crippen molar-refractivity contribution in [3.63, 3.8) is 0 Å². The summed E-state index contributed by atoms with van der Waals surface area (Å²) in [4.78, 5) is 4.54. The van der Waals surface area contributed by atoms with Crippen LogP contribution in [0.25, 0.3) is 11.2 Å². The van der Waals surface area contributed by atoms with Crippen LogP contribution in [0, 0.1) is 17.1 Å². The zero-order valence-electron chi connectivity index (χ0n) is 20.9. The summed E-state index contributed by atoms with van der Waals surface area (Å²) in [5, 5.41) is 21.3. The largest absolute Gasteiger partial charge is 0.488 e. The van der Waals surface area contributed by atoms with Gasteiger partial charge in [-0.2, -0.15) is 14.0 Å². The first kappa shape index (κ1) is 25.4. The first-order valence-corrected chi connectivity index (χ1v) is 12.0. The van der Waals surface area contributed by atoms with Gasteiger partial charge in [-0.05, 0) is 59.9 Å². The Morgan fingerprint density at radius 1 is 1.16 bits per heavy atom. The Morgan fingerprint density at radius 3 is 2.63 bits per heavy atom. The summed E-state index contributed by atoms with van der Waals surface area (Å²) in [5.41, 5.74) is 4.77. The Hall–Kier alpha value is -4.29. The maximum Gasteiger partial charge on any atom is 0.387 e. The van der Waals surface area contributed by atoms with Gasteiger partial charge in [0, 0.05) is 29.0 Å². The molecule has 194 valence electrons. The molecule has 1 aliphatic heterocycles. The van der Waals surface area contributed by atoms with Crippen LogP contribution in [0.4, 0.5) is 13.2 Å². The van der Waals surface area contributed by atoms with Crippen molar-refractivity contribution in [3.05, 3.63) is 99.8 Å². The maximum atomic E-state index is 14.0. The van der Waals surface area contributed by atoms with Crippen LogP contribution < -0.4 is 9.47 Å². The van der Waals surface area contributed by atoms with E-state index in [1.165, 1.54) is 18.2 Å². The molecule has 9 heteroatoms. The fraction of sp³-hybridized carbons (Fsp3) is 0.241. The molecule has 6 nitrogen and oxygen atoms in total. The molecule has 3 heterocycles. The average molecular weight is 520 g/mol. The number of rotatable bonds is 5. The Kier molecular flexibility index (Phi) is 6.59. The van der Waals surface area contributed by atoms with E-state index in [4.69, 9.17) is 4.74 Å². The summed E-state index contributed by atoms with van der Waals surface area (Å²) in [6.45, 7) is 2.55. The first-order valence-electron chi connectivity index (χ1n) is 12.0. The second-order valence-electron chi connectivity index (χ2n) is 9.34. The average Bonchev–Trinajstić information content (AvgIpc) is 3.21. The standard InChI is InChI=1S/C29H24F3N3O3/c1-15(2)25-26(35-10-4-5-22(28(35)34-25)38-29(31)32)27(36)17-6-8-20-18(11-17)14-37-23-12-19(30)7-9-21(23)24(20)16(3)13-33/h4-12,15,27,29,36H,14H2,1-3H3/b24-16+. The predicted molar refractivity (Wildman–Crippen MR) is 134 cm³/mol. The number of halogens is 3. The molecule has 0 aliphatic carbocycles. The van der Waals surface area contributed by atoms with Crippen LogP contribution in [0.1, 0.15) is 66.4 Å². The minimum atomic E-state index is -3.02. The topological polar surface area (TPSA) is 79.8 Å². The third kappa shape index (κ3) is 4.37. The fourth-order valence-corrected chi connectivity index (χ4v) is 4.85. The predicted octanol–water partition coefficient (Wildman–Crippen LogP) is 6.52. The summed E-state index contributed by atoms with van der Waals surface area (Å²) in [5.74, 6) is -0.350. The molecule has 2 aromatic carbocycles. The quantitative estimate of drug-likeness (QED) is 0.304.